The molecule has 4 rings (SSSR count). The largest absolute Gasteiger partial charge is 0.344 e. The molecule has 7 nitrogen and oxygen atoms in total. The fourth-order valence-electron chi connectivity index (χ4n) is 2.68. The Morgan fingerprint density at radius 3 is 2.86 bits per heavy atom. The fraction of sp³-hybridized carbons (Fsp3) is 0.105. The highest BCUT2D eigenvalue weighted by Gasteiger charge is 2.17. The van der Waals surface area contributed by atoms with E-state index in [1.165, 1.54) is 11.3 Å². The Morgan fingerprint density at radius 1 is 1.25 bits per heavy atom. The molecule has 0 radical (unpaired) electrons. The molecule has 28 heavy (non-hydrogen) atoms. The lowest BCUT2D eigenvalue weighted by molar-refractivity contribution is 0.0945. The zero-order valence-corrected chi connectivity index (χ0v) is 16.4. The number of aromatic nitrogens is 5. The molecule has 0 aliphatic heterocycles. The Morgan fingerprint density at radius 2 is 2.07 bits per heavy atom. The lowest BCUT2D eigenvalue weighted by Crippen LogP contribution is -2.24. The fourth-order valence-corrected chi connectivity index (χ4v) is 3.61. The van der Waals surface area contributed by atoms with Crippen LogP contribution in [0.1, 0.15) is 21.2 Å². The average Bonchev–Trinajstić information content (AvgIpc) is 3.34. The molecular formula is C19H15ClN6OS. The van der Waals surface area contributed by atoms with Gasteiger partial charge in [-0.05, 0) is 37.3 Å². The minimum absolute atomic E-state index is 0.269. The van der Waals surface area contributed by atoms with Gasteiger partial charge in [0.05, 0.1) is 23.6 Å². The normalized spacial score (nSPS) is 10.8. The summed E-state index contributed by atoms with van der Waals surface area (Å²) >= 11 is 7.52. The van der Waals surface area contributed by atoms with E-state index >= 15 is 0 Å². The molecule has 0 saturated carbocycles. The van der Waals surface area contributed by atoms with Crippen LogP contribution in [0.2, 0.25) is 5.02 Å². The number of hydrogen-bond donors (Lipinski definition) is 1. The Bertz CT molecular complexity index is 1120. The number of nitrogens with one attached hydrogen (secondary N) is 1. The van der Waals surface area contributed by atoms with Crippen LogP contribution in [-0.4, -0.2) is 30.9 Å². The third-order valence-corrected chi connectivity index (χ3v) is 5.17. The zero-order valence-electron chi connectivity index (χ0n) is 14.8. The van der Waals surface area contributed by atoms with E-state index < -0.39 is 0 Å². The van der Waals surface area contributed by atoms with Crippen LogP contribution in [0.4, 0.5) is 0 Å². The number of rotatable bonds is 5. The second-order valence-electron chi connectivity index (χ2n) is 5.96. The van der Waals surface area contributed by atoms with Gasteiger partial charge in [0, 0.05) is 28.4 Å². The molecule has 4 aromatic rings. The molecule has 140 valence electrons. The minimum Gasteiger partial charge on any atom is -0.344 e. The summed E-state index contributed by atoms with van der Waals surface area (Å²) in [5, 5.41) is 14.3. The molecule has 9 heteroatoms. The second kappa shape index (κ2) is 7.87. The Labute approximate surface area is 170 Å². The predicted molar refractivity (Wildman–Crippen MR) is 108 cm³/mol. The van der Waals surface area contributed by atoms with Gasteiger partial charge < -0.3 is 5.32 Å². The average molecular weight is 411 g/mol. The van der Waals surface area contributed by atoms with Crippen LogP contribution in [0.5, 0.6) is 0 Å². The van der Waals surface area contributed by atoms with E-state index in [9.17, 15) is 4.79 Å². The number of carbonyl (C=O) groups is 1. The smallest absolute Gasteiger partial charge is 0.274 e. The highest BCUT2D eigenvalue weighted by molar-refractivity contribution is 7.09. The van der Waals surface area contributed by atoms with Crippen LogP contribution >= 0.6 is 22.9 Å². The minimum atomic E-state index is -0.300. The van der Waals surface area contributed by atoms with Crippen molar-refractivity contribution in [3.63, 3.8) is 0 Å². The molecule has 1 aromatic carbocycles. The van der Waals surface area contributed by atoms with Gasteiger partial charge >= 0.3 is 0 Å². The molecule has 1 N–H and O–H groups in total. The maximum absolute atomic E-state index is 12.5. The van der Waals surface area contributed by atoms with Gasteiger partial charge in [-0.3, -0.25) is 9.78 Å². The third-order valence-electron chi connectivity index (χ3n) is 4.09. The topological polar surface area (TPSA) is 85.6 Å². The number of benzene rings is 1. The van der Waals surface area contributed by atoms with Crippen molar-refractivity contribution in [3.8, 4) is 16.9 Å². The van der Waals surface area contributed by atoms with Gasteiger partial charge in [0.2, 0.25) is 0 Å². The molecule has 3 heterocycles. The Balaban J connectivity index is 1.46. The summed E-state index contributed by atoms with van der Waals surface area (Å²) in [7, 11) is 0. The third kappa shape index (κ3) is 3.78. The second-order valence-corrected chi connectivity index (χ2v) is 7.34. The van der Waals surface area contributed by atoms with Crippen molar-refractivity contribution >= 4 is 28.8 Å². The van der Waals surface area contributed by atoms with Crippen LogP contribution < -0.4 is 5.32 Å². The summed E-state index contributed by atoms with van der Waals surface area (Å²) in [5.41, 5.74) is 3.50. The number of carbonyl (C=O) groups excluding carboxylic acids is 1. The molecule has 0 atom stereocenters. The maximum Gasteiger partial charge on any atom is 0.274 e. The number of nitrogens with zero attached hydrogens (tertiary/aromatic N) is 5. The summed E-state index contributed by atoms with van der Waals surface area (Å²) in [6, 6.07) is 11.0. The molecular weight excluding hydrogens is 396 g/mol. The lowest BCUT2D eigenvalue weighted by atomic mass is 10.2. The van der Waals surface area contributed by atoms with Gasteiger partial charge in [-0.25, -0.2) is 9.67 Å². The van der Waals surface area contributed by atoms with E-state index in [0.717, 1.165) is 22.0 Å². The van der Waals surface area contributed by atoms with Crippen LogP contribution in [-0.2, 0) is 6.54 Å². The number of halogens is 1. The predicted octanol–water partition coefficient (Wildman–Crippen LogP) is 3.68. The first-order valence-corrected chi connectivity index (χ1v) is 9.69. The summed E-state index contributed by atoms with van der Waals surface area (Å²) in [5.74, 6) is -0.300. The Hall–Kier alpha value is -3.10. The van der Waals surface area contributed by atoms with E-state index in [-0.39, 0.29) is 11.6 Å². The lowest BCUT2D eigenvalue weighted by Gasteiger charge is -2.04. The van der Waals surface area contributed by atoms with Crippen molar-refractivity contribution in [3.05, 3.63) is 75.6 Å². The van der Waals surface area contributed by atoms with Crippen LogP contribution in [0, 0.1) is 6.92 Å². The van der Waals surface area contributed by atoms with E-state index in [0.29, 0.717) is 17.3 Å². The zero-order chi connectivity index (χ0) is 19.5. The van der Waals surface area contributed by atoms with Gasteiger partial charge in [-0.2, -0.15) is 0 Å². The van der Waals surface area contributed by atoms with E-state index in [4.69, 9.17) is 11.6 Å². The van der Waals surface area contributed by atoms with Crippen molar-refractivity contribution in [1.29, 1.82) is 0 Å². The number of thiazole rings is 1. The number of amides is 1. The van der Waals surface area contributed by atoms with Gasteiger partial charge in [0.15, 0.2) is 5.69 Å². The first-order valence-electron chi connectivity index (χ1n) is 8.43. The van der Waals surface area contributed by atoms with Crippen molar-refractivity contribution in [1.82, 2.24) is 30.3 Å². The molecule has 0 saturated heterocycles. The van der Waals surface area contributed by atoms with Crippen LogP contribution in [0.25, 0.3) is 16.9 Å². The van der Waals surface area contributed by atoms with Crippen LogP contribution in [0.15, 0.2) is 54.2 Å². The summed E-state index contributed by atoms with van der Waals surface area (Å²) in [6.07, 6.45) is 3.45. The summed E-state index contributed by atoms with van der Waals surface area (Å²) < 4.78 is 1.59. The summed E-state index contributed by atoms with van der Waals surface area (Å²) in [4.78, 5) is 21.1. The molecule has 0 bridgehead atoms. The molecule has 0 spiro atoms. The highest BCUT2D eigenvalue weighted by Crippen LogP contribution is 2.21. The van der Waals surface area contributed by atoms with Crippen LogP contribution in [0.3, 0.4) is 0 Å². The van der Waals surface area contributed by atoms with Crippen molar-refractivity contribution in [2.75, 3.05) is 0 Å². The van der Waals surface area contributed by atoms with Gasteiger partial charge in [-0.15, -0.1) is 16.4 Å². The SMILES string of the molecule is Cc1c(C(=O)NCc2nc(-c3ccncc3)cs2)nnn1-c1cccc(Cl)c1. The molecule has 1 amide bonds. The van der Waals surface area contributed by atoms with Gasteiger partial charge in [0.25, 0.3) is 5.91 Å². The van der Waals surface area contributed by atoms with Crippen molar-refractivity contribution in [2.45, 2.75) is 13.5 Å². The summed E-state index contributed by atoms with van der Waals surface area (Å²) in [6.45, 7) is 2.11. The first kappa shape index (κ1) is 18.3. The number of hydrogen-bond acceptors (Lipinski definition) is 6. The maximum atomic E-state index is 12.5. The van der Waals surface area contributed by atoms with E-state index in [2.05, 4.69) is 25.6 Å². The van der Waals surface area contributed by atoms with Crippen molar-refractivity contribution in [2.24, 2.45) is 0 Å². The molecule has 0 aliphatic rings. The first-order chi connectivity index (χ1) is 13.6. The van der Waals surface area contributed by atoms with E-state index in [1.807, 2.05) is 29.6 Å². The number of pyridine rings is 1. The molecule has 3 aromatic heterocycles. The standard InChI is InChI=1S/C19H15ClN6OS/c1-12-18(24-25-26(12)15-4-2-3-14(20)9-15)19(27)22-10-17-23-16(11-28-17)13-5-7-21-8-6-13/h2-9,11H,10H2,1H3,(H,22,27). The Kier molecular flexibility index (Phi) is 5.14. The molecule has 0 unspecified atom stereocenters. The van der Waals surface area contributed by atoms with Gasteiger partial charge in [0.1, 0.15) is 5.01 Å². The van der Waals surface area contributed by atoms with Gasteiger partial charge in [-0.1, -0.05) is 22.9 Å². The van der Waals surface area contributed by atoms with Crippen molar-refractivity contribution < 1.29 is 4.79 Å². The quantitative estimate of drug-likeness (QED) is 0.542. The molecule has 0 fully saturated rings. The molecule has 0 aliphatic carbocycles. The highest BCUT2D eigenvalue weighted by atomic mass is 35.5. The van der Waals surface area contributed by atoms with E-state index in [1.54, 1.807) is 36.1 Å². The monoisotopic (exact) mass is 410 g/mol.